The van der Waals surface area contributed by atoms with Crippen molar-refractivity contribution in [3.05, 3.63) is 17.8 Å². The maximum atomic E-state index is 13.8. The minimum atomic E-state index is -1.02. The highest BCUT2D eigenvalue weighted by Crippen LogP contribution is 2.40. The lowest BCUT2D eigenvalue weighted by Crippen LogP contribution is -2.57. The summed E-state index contributed by atoms with van der Waals surface area (Å²) in [4.78, 5) is 32.0. The molecule has 0 radical (unpaired) electrons. The van der Waals surface area contributed by atoms with E-state index >= 15 is 0 Å². The first-order chi connectivity index (χ1) is 19.6. The van der Waals surface area contributed by atoms with E-state index in [4.69, 9.17) is 0 Å². The van der Waals surface area contributed by atoms with E-state index in [1.54, 1.807) is 6.07 Å². The molecule has 1 saturated carbocycles. The van der Waals surface area contributed by atoms with Crippen LogP contribution >= 0.6 is 11.3 Å². The third kappa shape index (κ3) is 7.31. The van der Waals surface area contributed by atoms with Gasteiger partial charge < -0.3 is 15.3 Å². The van der Waals surface area contributed by atoms with E-state index < -0.39 is 5.97 Å². The Balaban J connectivity index is 1.20. The number of hydrogen-bond donors (Lipinski definition) is 3. The Morgan fingerprint density at radius 1 is 1.00 bits per heavy atom. The molecule has 4 heterocycles. The number of piperazine rings is 1. The molecule has 12 nitrogen and oxygen atoms in total. The quantitative estimate of drug-likeness (QED) is 0.399. The number of carboxylic acids is 1. The van der Waals surface area contributed by atoms with Crippen LogP contribution in [0.25, 0.3) is 0 Å². The van der Waals surface area contributed by atoms with Crippen molar-refractivity contribution in [1.29, 1.82) is 0 Å². The summed E-state index contributed by atoms with van der Waals surface area (Å²) in [5.74, 6) is -0.109. The van der Waals surface area contributed by atoms with Gasteiger partial charge in [0.05, 0.1) is 17.8 Å². The molecular formula is C28H43N9O3S. The molecule has 0 bridgehead atoms. The predicted octanol–water partition coefficient (Wildman–Crippen LogP) is 3.27. The second kappa shape index (κ2) is 12.5. The molecule has 3 fully saturated rings. The topological polar surface area (TPSA) is 140 Å². The van der Waals surface area contributed by atoms with Crippen LogP contribution in [0.3, 0.4) is 0 Å². The van der Waals surface area contributed by atoms with Crippen LogP contribution in [0.15, 0.2) is 12.3 Å². The number of nitrogens with zero attached hydrogens (tertiary/aromatic N) is 7. The Labute approximate surface area is 245 Å². The average Bonchev–Trinajstić information content (AvgIpc) is 3.60. The first-order valence-electron chi connectivity index (χ1n) is 14.8. The van der Waals surface area contributed by atoms with E-state index in [9.17, 15) is 14.7 Å². The van der Waals surface area contributed by atoms with Crippen LogP contribution in [0, 0.1) is 11.3 Å². The lowest BCUT2D eigenvalue weighted by molar-refractivity contribution is -0.125. The number of nitrogens with one attached hydrogen (secondary N) is 2. The molecular weight excluding hydrogens is 542 g/mol. The Bertz CT molecular complexity index is 1200. The number of anilines is 3. The van der Waals surface area contributed by atoms with Crippen LogP contribution in [-0.4, -0.2) is 105 Å². The number of aromatic carboxylic acids is 1. The Hall–Kier alpha value is -2.90. The van der Waals surface area contributed by atoms with Gasteiger partial charge in [0.1, 0.15) is 0 Å². The van der Waals surface area contributed by atoms with Gasteiger partial charge in [-0.05, 0) is 63.4 Å². The molecule has 224 valence electrons. The van der Waals surface area contributed by atoms with E-state index in [-0.39, 0.29) is 23.6 Å². The zero-order valence-electron chi connectivity index (χ0n) is 24.5. The third-order valence-electron chi connectivity index (χ3n) is 8.96. The van der Waals surface area contributed by atoms with Gasteiger partial charge in [-0.1, -0.05) is 25.2 Å². The Morgan fingerprint density at radius 3 is 2.37 bits per heavy atom. The van der Waals surface area contributed by atoms with Gasteiger partial charge in [0, 0.05) is 51.4 Å². The molecule has 41 heavy (non-hydrogen) atoms. The number of amides is 1. The normalized spacial score (nSPS) is 23.0. The van der Waals surface area contributed by atoms with E-state index in [0.29, 0.717) is 40.0 Å². The number of hydrogen-bond acceptors (Lipinski definition) is 11. The number of carboxylic acid groups (broad SMARTS) is 1. The molecule has 1 amide bonds. The second-order valence-corrected chi connectivity index (χ2v) is 13.7. The van der Waals surface area contributed by atoms with Gasteiger partial charge in [-0.2, -0.15) is 5.10 Å². The summed E-state index contributed by atoms with van der Waals surface area (Å²) in [6, 6.07) is 1.99. The highest BCUT2D eigenvalue weighted by atomic mass is 32.1. The van der Waals surface area contributed by atoms with Crippen molar-refractivity contribution in [2.24, 2.45) is 11.3 Å². The molecule has 1 unspecified atom stereocenters. The van der Waals surface area contributed by atoms with E-state index in [2.05, 4.69) is 68.5 Å². The van der Waals surface area contributed by atoms with Crippen molar-refractivity contribution in [3.63, 3.8) is 0 Å². The van der Waals surface area contributed by atoms with Crippen LogP contribution in [0.2, 0.25) is 0 Å². The second-order valence-electron chi connectivity index (χ2n) is 12.7. The Kier molecular flexibility index (Phi) is 9.05. The zero-order chi connectivity index (χ0) is 29.1. The monoisotopic (exact) mass is 585 g/mol. The first kappa shape index (κ1) is 29.6. The van der Waals surface area contributed by atoms with Gasteiger partial charge in [0.15, 0.2) is 5.82 Å². The van der Waals surface area contributed by atoms with Crippen molar-refractivity contribution in [2.45, 2.75) is 77.9 Å². The van der Waals surface area contributed by atoms with Gasteiger partial charge in [-0.25, -0.2) is 4.79 Å². The average molecular weight is 586 g/mol. The van der Waals surface area contributed by atoms with Crippen molar-refractivity contribution in [3.8, 4) is 0 Å². The third-order valence-corrected chi connectivity index (χ3v) is 9.72. The van der Waals surface area contributed by atoms with Crippen LogP contribution in [-0.2, 0) is 4.79 Å². The van der Waals surface area contributed by atoms with Crippen LogP contribution < -0.4 is 15.5 Å². The number of rotatable bonds is 9. The predicted molar refractivity (Wildman–Crippen MR) is 160 cm³/mol. The van der Waals surface area contributed by atoms with Crippen molar-refractivity contribution < 1.29 is 14.7 Å². The van der Waals surface area contributed by atoms with Crippen molar-refractivity contribution >= 4 is 39.3 Å². The largest absolute Gasteiger partial charge is 0.478 e. The molecule has 0 aromatic carbocycles. The van der Waals surface area contributed by atoms with E-state index in [1.807, 2.05) is 4.90 Å². The number of aromatic nitrogens is 4. The lowest BCUT2D eigenvalue weighted by Gasteiger charge is -2.45. The minimum absolute atomic E-state index is 0.0272. The molecule has 13 heteroatoms. The molecule has 2 aromatic rings. The van der Waals surface area contributed by atoms with Crippen LogP contribution in [0.1, 0.15) is 70.2 Å². The van der Waals surface area contributed by atoms with Crippen molar-refractivity contribution in [2.75, 3.05) is 54.8 Å². The van der Waals surface area contributed by atoms with Gasteiger partial charge in [0.25, 0.3) is 0 Å². The summed E-state index contributed by atoms with van der Waals surface area (Å²) in [5, 5.41) is 33.5. The summed E-state index contributed by atoms with van der Waals surface area (Å²) in [6.07, 6.45) is 6.50. The number of carbonyl (C=O) groups excluding carboxylic acids is 1. The lowest BCUT2D eigenvalue weighted by atomic mass is 9.70. The van der Waals surface area contributed by atoms with Gasteiger partial charge >= 0.3 is 5.97 Å². The smallest absolute Gasteiger partial charge is 0.337 e. The first-order valence-corrected chi connectivity index (χ1v) is 15.6. The van der Waals surface area contributed by atoms with Crippen molar-refractivity contribution in [1.82, 2.24) is 30.2 Å². The molecule has 1 aliphatic carbocycles. The molecule has 5 rings (SSSR count). The maximum absolute atomic E-state index is 13.8. The van der Waals surface area contributed by atoms with E-state index in [1.165, 1.54) is 17.5 Å². The van der Waals surface area contributed by atoms with E-state index in [0.717, 1.165) is 64.8 Å². The fraction of sp³-hybridized carbons (Fsp3) is 0.714. The van der Waals surface area contributed by atoms with Crippen LogP contribution in [0.5, 0.6) is 0 Å². The molecule has 0 spiro atoms. The molecule has 2 aromatic heterocycles. The fourth-order valence-corrected chi connectivity index (χ4v) is 7.07. The molecule has 3 aliphatic rings. The van der Waals surface area contributed by atoms with Crippen LogP contribution in [0.4, 0.5) is 16.1 Å². The zero-order valence-corrected chi connectivity index (χ0v) is 25.4. The van der Waals surface area contributed by atoms with Gasteiger partial charge in [-0.15, -0.1) is 15.3 Å². The highest BCUT2D eigenvalue weighted by Gasteiger charge is 2.39. The fourth-order valence-electron chi connectivity index (χ4n) is 6.35. The molecule has 2 saturated heterocycles. The summed E-state index contributed by atoms with van der Waals surface area (Å²) >= 11 is 1.35. The summed E-state index contributed by atoms with van der Waals surface area (Å²) in [5.41, 5.74) is 0.461. The summed E-state index contributed by atoms with van der Waals surface area (Å²) < 4.78 is 0. The highest BCUT2D eigenvalue weighted by molar-refractivity contribution is 7.19. The summed E-state index contributed by atoms with van der Waals surface area (Å²) in [6.45, 7) is 14.3. The molecule has 2 aliphatic heterocycles. The van der Waals surface area contributed by atoms with Gasteiger partial charge in [-0.3, -0.25) is 19.9 Å². The van der Waals surface area contributed by atoms with Gasteiger partial charge in [0.2, 0.25) is 16.2 Å². The maximum Gasteiger partial charge on any atom is 0.337 e. The molecule has 2 atom stereocenters. The standard InChI is InChI=1S/C28H43N9O3S/c1-18(2)35-11-13-36(14-12-35)23(19-5-8-28(3,4)9-6-19)24(38)31-27-34-33-26(41-27)30-21-7-10-37(17-21)22-15-20(25(39)40)16-29-32-22/h15-16,18-19,21,23H,5-14,17H2,1-4H3,(H,30,33)(H,39,40)(H,31,34,38)/t21-,23?/m1/s1. The number of carbonyl (C=O) groups is 2. The minimum Gasteiger partial charge on any atom is -0.478 e. The Morgan fingerprint density at radius 2 is 1.68 bits per heavy atom. The SMILES string of the molecule is CC(C)N1CCN(C(C(=O)Nc2nnc(N[C@@H]3CCN(c4cc(C(=O)O)cnn4)C3)s2)C2CCC(C)(C)CC2)CC1. The molecule has 3 N–H and O–H groups in total. The summed E-state index contributed by atoms with van der Waals surface area (Å²) in [7, 11) is 0.